The number of hydrogen-bond acceptors (Lipinski definition) is 5. The Hall–Kier alpha value is -4.88. The molecule has 4 rings (SSSR count). The van der Waals surface area contributed by atoms with Crippen molar-refractivity contribution in [1.82, 2.24) is 5.32 Å². The molecule has 0 fully saturated rings. The highest BCUT2D eigenvalue weighted by Gasteiger charge is 2.20. The molecule has 3 N–H and O–H groups in total. The van der Waals surface area contributed by atoms with Crippen LogP contribution in [0.4, 0.5) is 0 Å². The minimum atomic E-state index is -1.20. The van der Waals surface area contributed by atoms with Gasteiger partial charge in [-0.2, -0.15) is 0 Å². The highest BCUT2D eigenvalue weighted by Crippen LogP contribution is 2.38. The Morgan fingerprint density at radius 3 is 1.48 bits per heavy atom. The molecule has 204 valence electrons. The lowest BCUT2D eigenvalue weighted by Gasteiger charge is -2.19. The van der Waals surface area contributed by atoms with Crippen LogP contribution in [-0.2, 0) is 16.1 Å². The van der Waals surface area contributed by atoms with Crippen molar-refractivity contribution in [3.05, 3.63) is 131 Å². The van der Waals surface area contributed by atoms with Crippen molar-refractivity contribution >= 4 is 23.1 Å². The van der Waals surface area contributed by atoms with Gasteiger partial charge in [0.05, 0.1) is 20.6 Å². The van der Waals surface area contributed by atoms with Crippen molar-refractivity contribution in [3.8, 4) is 11.5 Å². The fraction of sp³-hybridized carbons (Fsp3) is 0.152. The van der Waals surface area contributed by atoms with Crippen LogP contribution in [0.25, 0.3) is 11.1 Å². The smallest absolute Gasteiger partial charge is 0.321 e. The van der Waals surface area contributed by atoms with E-state index >= 15 is 0 Å². The third kappa shape index (κ3) is 6.95. The molecular formula is C33H31NO6. The molecule has 7 heteroatoms. The lowest BCUT2D eigenvalue weighted by Crippen LogP contribution is -2.38. The van der Waals surface area contributed by atoms with E-state index in [2.05, 4.69) is 17.4 Å². The molecule has 0 aliphatic carbocycles. The Balaban J connectivity index is 1.82. The molecule has 40 heavy (non-hydrogen) atoms. The minimum absolute atomic E-state index is 0.221. The Kier molecular flexibility index (Phi) is 9.33. The number of ether oxygens (including phenoxy) is 2. The van der Waals surface area contributed by atoms with Gasteiger partial charge in [-0.3, -0.25) is 14.9 Å². The fourth-order valence-corrected chi connectivity index (χ4v) is 4.48. The highest BCUT2D eigenvalue weighted by molar-refractivity contribution is 6.04. The summed E-state index contributed by atoms with van der Waals surface area (Å²) < 4.78 is 10.8. The summed E-state index contributed by atoms with van der Waals surface area (Å²) in [6.45, 7) is 0.221. The van der Waals surface area contributed by atoms with Gasteiger partial charge in [-0.15, -0.1) is 0 Å². The fourth-order valence-electron chi connectivity index (χ4n) is 4.48. The van der Waals surface area contributed by atoms with Crippen LogP contribution in [0.5, 0.6) is 11.5 Å². The third-order valence-electron chi connectivity index (χ3n) is 6.54. The zero-order valence-electron chi connectivity index (χ0n) is 22.3. The molecule has 0 aliphatic heterocycles. The van der Waals surface area contributed by atoms with E-state index in [4.69, 9.17) is 14.6 Å². The van der Waals surface area contributed by atoms with Crippen molar-refractivity contribution in [1.29, 1.82) is 0 Å². The van der Waals surface area contributed by atoms with Gasteiger partial charge in [0.15, 0.2) is 0 Å². The number of nitrogens with one attached hydrogen (secondary N) is 1. The van der Waals surface area contributed by atoms with Crippen LogP contribution in [0.1, 0.15) is 34.2 Å². The van der Waals surface area contributed by atoms with Crippen LogP contribution < -0.4 is 14.8 Å². The third-order valence-corrected chi connectivity index (χ3v) is 6.54. The lowest BCUT2D eigenvalue weighted by molar-refractivity contribution is -0.146. The molecule has 4 aromatic rings. The van der Waals surface area contributed by atoms with Crippen LogP contribution >= 0.6 is 0 Å². The van der Waals surface area contributed by atoms with E-state index in [1.165, 1.54) is 0 Å². The summed E-state index contributed by atoms with van der Waals surface area (Å²) >= 11 is 0. The number of carboxylic acid groups (broad SMARTS) is 2. The average molecular weight is 538 g/mol. The molecule has 0 amide bonds. The molecule has 0 saturated carbocycles. The number of carbonyl (C=O) groups is 2. The average Bonchev–Trinajstić information content (AvgIpc) is 2.99. The van der Waals surface area contributed by atoms with Gasteiger partial charge in [0.1, 0.15) is 17.5 Å². The molecule has 0 bridgehead atoms. The number of rotatable bonds is 12. The van der Waals surface area contributed by atoms with E-state index in [1.807, 2.05) is 91.0 Å². The first-order valence-electron chi connectivity index (χ1n) is 12.8. The summed E-state index contributed by atoms with van der Waals surface area (Å²) in [5.74, 6) is -0.841. The molecule has 0 radical (unpaired) electrons. The molecule has 0 saturated heterocycles. The Morgan fingerprint density at radius 1 is 0.650 bits per heavy atom. The number of carboxylic acids is 2. The van der Waals surface area contributed by atoms with Gasteiger partial charge in [-0.05, 0) is 63.2 Å². The number of hydrogen-bond donors (Lipinski definition) is 3. The van der Waals surface area contributed by atoms with E-state index in [0.717, 1.165) is 50.5 Å². The summed E-state index contributed by atoms with van der Waals surface area (Å²) in [5, 5.41) is 21.2. The zero-order valence-corrected chi connectivity index (χ0v) is 22.3. The molecule has 0 aromatic heterocycles. The van der Waals surface area contributed by atoms with Gasteiger partial charge in [0.2, 0.25) is 0 Å². The molecule has 0 heterocycles. The molecular weight excluding hydrogens is 506 g/mol. The second kappa shape index (κ2) is 13.3. The molecule has 0 aliphatic rings. The van der Waals surface area contributed by atoms with Crippen molar-refractivity contribution in [2.75, 3.05) is 14.2 Å². The highest BCUT2D eigenvalue weighted by atomic mass is 16.5. The van der Waals surface area contributed by atoms with Crippen molar-refractivity contribution in [3.63, 3.8) is 0 Å². The first-order valence-corrected chi connectivity index (χ1v) is 12.8. The maximum Gasteiger partial charge on any atom is 0.321 e. The van der Waals surface area contributed by atoms with E-state index in [-0.39, 0.29) is 6.54 Å². The summed E-state index contributed by atoms with van der Waals surface area (Å²) in [7, 11) is 3.28. The van der Waals surface area contributed by atoms with Crippen molar-refractivity contribution in [2.24, 2.45) is 0 Å². The molecule has 0 unspecified atom stereocenters. The largest absolute Gasteiger partial charge is 0.497 e. The molecule has 0 spiro atoms. The van der Waals surface area contributed by atoms with E-state index in [0.29, 0.717) is 0 Å². The lowest BCUT2D eigenvalue weighted by atomic mass is 9.85. The van der Waals surface area contributed by atoms with E-state index in [1.54, 1.807) is 14.2 Å². The number of aliphatic carboxylic acids is 2. The second-order valence-corrected chi connectivity index (χ2v) is 9.14. The summed E-state index contributed by atoms with van der Waals surface area (Å²) in [5.41, 5.74) is 6.89. The van der Waals surface area contributed by atoms with Crippen LogP contribution in [0.2, 0.25) is 0 Å². The number of methoxy groups -OCH3 is 2. The first kappa shape index (κ1) is 28.1. The maximum atomic E-state index is 11.4. The van der Waals surface area contributed by atoms with Gasteiger partial charge < -0.3 is 19.7 Å². The SMILES string of the molecule is COc1ccc(C(=C(c2ccccc2)c2ccc(CN[C@H](CC(=O)O)C(=O)O)cc2)c2ccc(OC)cc2)cc1. The van der Waals surface area contributed by atoms with Gasteiger partial charge in [0, 0.05) is 6.54 Å². The molecule has 4 aromatic carbocycles. The van der Waals surface area contributed by atoms with Gasteiger partial charge in [-0.25, -0.2) is 0 Å². The molecule has 7 nitrogen and oxygen atoms in total. The summed E-state index contributed by atoms with van der Waals surface area (Å²) in [6.07, 6.45) is -0.499. The van der Waals surface area contributed by atoms with E-state index in [9.17, 15) is 14.7 Å². The predicted octanol–water partition coefficient (Wildman–Crippen LogP) is 5.73. The monoisotopic (exact) mass is 537 g/mol. The van der Waals surface area contributed by atoms with Gasteiger partial charge in [-0.1, -0.05) is 78.9 Å². The predicted molar refractivity (Wildman–Crippen MR) is 154 cm³/mol. The van der Waals surface area contributed by atoms with E-state index < -0.39 is 24.4 Å². The first-order chi connectivity index (χ1) is 19.4. The molecule has 1 atom stereocenters. The zero-order chi connectivity index (χ0) is 28.5. The summed E-state index contributed by atoms with van der Waals surface area (Å²) in [6, 6.07) is 32.7. The quantitative estimate of drug-likeness (QED) is 0.198. The Labute approximate surface area is 233 Å². The van der Waals surface area contributed by atoms with Gasteiger partial charge in [0.25, 0.3) is 0 Å². The Morgan fingerprint density at radius 2 is 1.07 bits per heavy atom. The van der Waals surface area contributed by atoms with Crippen LogP contribution in [0.15, 0.2) is 103 Å². The normalized spacial score (nSPS) is 11.3. The van der Waals surface area contributed by atoms with Crippen LogP contribution in [-0.4, -0.2) is 42.4 Å². The van der Waals surface area contributed by atoms with Crippen molar-refractivity contribution in [2.45, 2.75) is 19.0 Å². The Bertz CT molecular complexity index is 1410. The summed E-state index contributed by atoms with van der Waals surface area (Å²) in [4.78, 5) is 22.5. The number of benzene rings is 4. The minimum Gasteiger partial charge on any atom is -0.497 e. The van der Waals surface area contributed by atoms with Crippen LogP contribution in [0, 0.1) is 0 Å². The second-order valence-electron chi connectivity index (χ2n) is 9.14. The van der Waals surface area contributed by atoms with Gasteiger partial charge >= 0.3 is 11.9 Å². The standard InChI is InChI=1S/C33H31NO6/c1-39-27-16-12-25(13-17-27)32(26-14-18-28(40-2)19-15-26)31(23-6-4-3-5-7-23)24-10-8-22(9-11-24)21-34-29(33(37)38)20-30(35)36/h3-19,29,34H,20-21H2,1-2H3,(H,35,36)(H,37,38)/t29-/m1/s1. The topological polar surface area (TPSA) is 105 Å². The van der Waals surface area contributed by atoms with Crippen LogP contribution in [0.3, 0.4) is 0 Å². The maximum absolute atomic E-state index is 11.4. The van der Waals surface area contributed by atoms with Crippen molar-refractivity contribution < 1.29 is 29.3 Å².